The van der Waals surface area contributed by atoms with Crippen LogP contribution < -0.4 is 4.74 Å². The third-order valence-electron chi connectivity index (χ3n) is 6.31. The van der Waals surface area contributed by atoms with E-state index in [1.54, 1.807) is 16.7 Å². The molecule has 172 valence electrons. The van der Waals surface area contributed by atoms with Crippen LogP contribution in [0.2, 0.25) is 0 Å². The maximum absolute atomic E-state index is 13.0. The third kappa shape index (κ3) is 4.41. The van der Waals surface area contributed by atoms with E-state index in [4.69, 9.17) is 4.74 Å². The number of carbonyl (C=O) groups excluding carboxylic acids is 1. The van der Waals surface area contributed by atoms with E-state index < -0.39 is 10.0 Å². The topological polar surface area (TPSA) is 86.0 Å². The molecule has 32 heavy (non-hydrogen) atoms. The zero-order chi connectivity index (χ0) is 22.1. The first-order valence-corrected chi connectivity index (χ1v) is 13.6. The number of nitrogens with one attached hydrogen (secondary N) is 1. The van der Waals surface area contributed by atoms with Gasteiger partial charge in [0.1, 0.15) is 16.3 Å². The molecule has 5 rings (SSSR count). The zero-order valence-electron chi connectivity index (χ0n) is 18.0. The Morgan fingerprint density at radius 2 is 1.84 bits per heavy atom. The molecule has 2 fully saturated rings. The van der Waals surface area contributed by atoms with Gasteiger partial charge in [0, 0.05) is 69.9 Å². The van der Waals surface area contributed by atoms with Crippen molar-refractivity contribution in [3.63, 3.8) is 0 Å². The van der Waals surface area contributed by atoms with Crippen molar-refractivity contribution >= 4 is 27.7 Å². The summed E-state index contributed by atoms with van der Waals surface area (Å²) in [5.74, 6) is 2.46. The van der Waals surface area contributed by atoms with E-state index in [1.807, 2.05) is 0 Å². The first-order chi connectivity index (χ1) is 15.5. The van der Waals surface area contributed by atoms with Crippen LogP contribution in [0.4, 0.5) is 0 Å². The van der Waals surface area contributed by atoms with Gasteiger partial charge in [0.25, 0.3) is 5.91 Å². The van der Waals surface area contributed by atoms with E-state index in [0.717, 1.165) is 49.9 Å². The van der Waals surface area contributed by atoms with E-state index in [0.29, 0.717) is 31.9 Å². The van der Waals surface area contributed by atoms with Crippen molar-refractivity contribution < 1.29 is 17.9 Å². The fourth-order valence-corrected chi connectivity index (χ4v) is 7.03. The predicted molar refractivity (Wildman–Crippen MR) is 124 cm³/mol. The second-order valence-electron chi connectivity index (χ2n) is 8.37. The Balaban J connectivity index is 1.18. The molecule has 3 aliphatic rings. The number of carbonyl (C=O) groups is 1. The van der Waals surface area contributed by atoms with E-state index >= 15 is 0 Å². The largest absolute Gasteiger partial charge is 0.493 e. The molecule has 4 heterocycles. The number of sulfonamides is 1. The molecular formula is C22H28N4O4S2. The number of ether oxygens (including phenoxy) is 1. The number of nitrogens with zero attached hydrogens (tertiary/aromatic N) is 3. The van der Waals surface area contributed by atoms with E-state index in [1.165, 1.54) is 27.7 Å². The number of fused-ring (bicyclic) bond motifs is 1. The van der Waals surface area contributed by atoms with Gasteiger partial charge >= 0.3 is 0 Å². The molecule has 0 radical (unpaired) electrons. The average molecular weight is 477 g/mol. The fourth-order valence-electron chi connectivity index (χ4n) is 4.46. The van der Waals surface area contributed by atoms with Gasteiger partial charge in [-0.3, -0.25) is 9.69 Å². The van der Waals surface area contributed by atoms with Crippen LogP contribution in [0.1, 0.15) is 21.6 Å². The summed E-state index contributed by atoms with van der Waals surface area (Å²) in [5.41, 5.74) is 2.88. The number of piperazine rings is 1. The van der Waals surface area contributed by atoms with Crippen molar-refractivity contribution in [2.45, 2.75) is 17.9 Å². The first kappa shape index (κ1) is 21.8. The van der Waals surface area contributed by atoms with Crippen molar-refractivity contribution in [3.8, 4) is 5.75 Å². The summed E-state index contributed by atoms with van der Waals surface area (Å²) in [7, 11) is -3.55. The summed E-state index contributed by atoms with van der Waals surface area (Å²) in [5, 5.41) is 0. The smallest absolute Gasteiger partial charge is 0.270 e. The number of amides is 1. The van der Waals surface area contributed by atoms with Gasteiger partial charge in [-0.25, -0.2) is 8.42 Å². The van der Waals surface area contributed by atoms with Crippen molar-refractivity contribution in [2.24, 2.45) is 0 Å². The molecule has 0 atom stereocenters. The van der Waals surface area contributed by atoms with Crippen molar-refractivity contribution in [1.29, 1.82) is 0 Å². The number of aromatic amines is 1. The van der Waals surface area contributed by atoms with Crippen molar-refractivity contribution in [1.82, 2.24) is 19.1 Å². The quantitative estimate of drug-likeness (QED) is 0.706. The lowest BCUT2D eigenvalue weighted by molar-refractivity contribution is 0.0623. The van der Waals surface area contributed by atoms with Crippen LogP contribution in [0.3, 0.4) is 0 Å². The van der Waals surface area contributed by atoms with Gasteiger partial charge in [0.05, 0.1) is 6.61 Å². The van der Waals surface area contributed by atoms with Gasteiger partial charge in [-0.15, -0.1) is 0 Å². The molecule has 1 amide bonds. The minimum Gasteiger partial charge on any atom is -0.493 e. The Bertz CT molecular complexity index is 1090. The van der Waals surface area contributed by atoms with Crippen LogP contribution in [0.5, 0.6) is 5.75 Å². The number of hydrogen-bond acceptors (Lipinski definition) is 6. The molecule has 1 aromatic carbocycles. The molecule has 3 aliphatic heterocycles. The van der Waals surface area contributed by atoms with E-state index in [2.05, 4.69) is 28.1 Å². The number of benzene rings is 1. The summed E-state index contributed by atoms with van der Waals surface area (Å²) >= 11 is 1.76. The van der Waals surface area contributed by atoms with Crippen LogP contribution in [0.15, 0.2) is 35.4 Å². The highest BCUT2D eigenvalue weighted by Gasteiger charge is 2.29. The number of H-pyrrole nitrogens is 1. The molecular weight excluding hydrogens is 448 g/mol. The summed E-state index contributed by atoms with van der Waals surface area (Å²) < 4.78 is 32.8. The normalized spacial score (nSPS) is 20.2. The second kappa shape index (κ2) is 9.09. The number of rotatable bonds is 5. The number of aromatic nitrogens is 1. The van der Waals surface area contributed by atoms with E-state index in [-0.39, 0.29) is 10.8 Å². The molecule has 8 nitrogen and oxygen atoms in total. The lowest BCUT2D eigenvalue weighted by Gasteiger charge is -2.34. The third-order valence-corrected chi connectivity index (χ3v) is 9.13. The maximum Gasteiger partial charge on any atom is 0.270 e. The molecule has 1 N–H and O–H groups in total. The Kier molecular flexibility index (Phi) is 6.20. The second-order valence-corrected chi connectivity index (χ2v) is 11.5. The molecule has 0 unspecified atom stereocenters. The summed E-state index contributed by atoms with van der Waals surface area (Å²) in [6.07, 6.45) is 2.41. The summed E-state index contributed by atoms with van der Waals surface area (Å²) in [6.45, 7) is 5.47. The summed E-state index contributed by atoms with van der Waals surface area (Å²) in [4.78, 5) is 20.2. The summed E-state index contributed by atoms with van der Waals surface area (Å²) in [6, 6.07) is 7.88. The highest BCUT2D eigenvalue weighted by molar-refractivity contribution is 7.99. The van der Waals surface area contributed by atoms with Crippen LogP contribution >= 0.6 is 11.8 Å². The molecule has 0 spiro atoms. The lowest BCUT2D eigenvalue weighted by Crippen LogP contribution is -2.48. The van der Waals surface area contributed by atoms with Gasteiger partial charge in [0.15, 0.2) is 0 Å². The van der Waals surface area contributed by atoms with Gasteiger partial charge in [-0.2, -0.15) is 16.1 Å². The molecule has 0 bridgehead atoms. The van der Waals surface area contributed by atoms with Gasteiger partial charge in [0.2, 0.25) is 10.0 Å². The Hall–Kier alpha value is -2.01. The maximum atomic E-state index is 13.0. The fraction of sp³-hybridized carbons (Fsp3) is 0.500. The van der Waals surface area contributed by atoms with Gasteiger partial charge < -0.3 is 14.6 Å². The predicted octanol–water partition coefficient (Wildman–Crippen LogP) is 1.65. The zero-order valence-corrected chi connectivity index (χ0v) is 19.6. The van der Waals surface area contributed by atoms with Crippen LogP contribution in [-0.4, -0.2) is 90.8 Å². The van der Waals surface area contributed by atoms with Crippen LogP contribution in [-0.2, 0) is 23.0 Å². The van der Waals surface area contributed by atoms with E-state index in [9.17, 15) is 13.2 Å². The molecule has 10 heteroatoms. The minimum atomic E-state index is -3.55. The Morgan fingerprint density at radius 1 is 1.06 bits per heavy atom. The standard InChI is InChI=1S/C22H28N4O4S2/c27-22(20-14-19(15-23-20)32(28,29)26-8-11-31-12-9-26)25-6-4-24(5-7-25)16-17-1-2-21-18(13-17)3-10-30-21/h1-2,13-15,23H,3-12,16H2. The van der Waals surface area contributed by atoms with Gasteiger partial charge in [-0.1, -0.05) is 12.1 Å². The van der Waals surface area contributed by atoms with Crippen molar-refractivity contribution in [2.75, 3.05) is 57.4 Å². The molecule has 0 aliphatic carbocycles. The Labute approximate surface area is 192 Å². The Morgan fingerprint density at radius 3 is 2.62 bits per heavy atom. The molecule has 2 aromatic rings. The molecule has 1 aromatic heterocycles. The monoisotopic (exact) mass is 476 g/mol. The highest BCUT2D eigenvalue weighted by Crippen LogP contribution is 2.27. The minimum absolute atomic E-state index is 0.144. The first-order valence-electron chi connectivity index (χ1n) is 11.0. The molecule has 0 saturated carbocycles. The number of hydrogen-bond donors (Lipinski definition) is 1. The van der Waals surface area contributed by atoms with Crippen LogP contribution in [0.25, 0.3) is 0 Å². The number of thioether (sulfide) groups is 1. The lowest BCUT2D eigenvalue weighted by atomic mass is 10.1. The SMILES string of the molecule is O=C(c1cc(S(=O)(=O)N2CCSCC2)c[nH]1)N1CCN(Cc2ccc3c(c2)CCO3)CC1. The van der Waals surface area contributed by atoms with Crippen molar-refractivity contribution in [3.05, 3.63) is 47.3 Å². The highest BCUT2D eigenvalue weighted by atomic mass is 32.2. The van der Waals surface area contributed by atoms with Gasteiger partial charge in [-0.05, 0) is 23.3 Å². The average Bonchev–Trinajstić information content (AvgIpc) is 3.50. The molecule has 2 saturated heterocycles. The van der Waals surface area contributed by atoms with Crippen LogP contribution in [0, 0.1) is 0 Å².